The van der Waals surface area contributed by atoms with E-state index >= 15 is 0 Å². The number of amides is 1. The van der Waals surface area contributed by atoms with Crippen LogP contribution in [0.4, 0.5) is 0 Å². The number of quaternary nitrogens is 1. The molecule has 3 atom stereocenters. The molecule has 0 fully saturated rings. The van der Waals surface area contributed by atoms with Gasteiger partial charge in [-0.1, -0.05) is 235 Å². The average molecular weight is 1030 g/mol. The highest BCUT2D eigenvalue weighted by Gasteiger charge is 2.30. The molecule has 0 aliphatic carbocycles. The number of esters is 1. The van der Waals surface area contributed by atoms with Crippen molar-refractivity contribution in [1.29, 1.82) is 0 Å². The van der Waals surface area contributed by atoms with Gasteiger partial charge < -0.3 is 19.4 Å². The average Bonchev–Trinajstić information content (AvgIpc) is 3.34. The van der Waals surface area contributed by atoms with Gasteiger partial charge in [0.1, 0.15) is 19.3 Å². The number of hydrogen-bond donors (Lipinski definition) is 2. The summed E-state index contributed by atoms with van der Waals surface area (Å²) in [7, 11) is 1.47. The predicted octanol–water partition coefficient (Wildman–Crippen LogP) is 17.8. The maximum absolute atomic E-state index is 13.5. The molecular weight excluding hydrogens is 916 g/mol. The highest BCUT2D eigenvalue weighted by Crippen LogP contribution is 2.43. The van der Waals surface area contributed by atoms with Crippen LogP contribution in [-0.4, -0.2) is 74.3 Å². The van der Waals surface area contributed by atoms with Crippen molar-refractivity contribution < 1.29 is 37.3 Å². The third-order valence-corrected chi connectivity index (χ3v) is 13.6. The molecule has 0 saturated heterocycles. The number of rotatable bonds is 52. The standard InChI is InChI=1S/C62H111N2O7P/c1-7-10-13-16-19-22-25-27-28-29-30-31-32-33-34-35-36-37-40-43-46-49-52-55-62(66)71-60(53-50-47-44-41-39-26-23-20-17-14-11-8-2)59(58-70-72(67,68)69-57-56-64(4,5)6)63-61(65)54-51-48-45-42-38-24-21-18-15-12-9-3/h10,13,19,22,27-28,30-31,33-34,36-37,50,53,59-60H,7-9,11-12,14-18,20-21,23-26,29,32,35,38-49,51-52,54-58H2,1-6H3,(H-,63,65,67,68)/p+1/b13-10-,22-19-,28-27-,31-30-,34-33-,37-36-,53-50-. The molecule has 1 amide bonds. The molecule has 0 radical (unpaired) electrons. The van der Waals surface area contributed by atoms with E-state index in [9.17, 15) is 19.0 Å². The first-order valence-corrected chi connectivity index (χ1v) is 30.9. The Balaban J connectivity index is 5.28. The highest BCUT2D eigenvalue weighted by molar-refractivity contribution is 7.47. The Hall–Kier alpha value is -2.81. The van der Waals surface area contributed by atoms with Crippen LogP contribution in [0.15, 0.2) is 85.1 Å². The van der Waals surface area contributed by atoms with E-state index in [1.165, 1.54) is 103 Å². The van der Waals surface area contributed by atoms with Crippen molar-refractivity contribution in [2.75, 3.05) is 40.9 Å². The smallest absolute Gasteiger partial charge is 0.456 e. The number of hydrogen-bond acceptors (Lipinski definition) is 6. The van der Waals surface area contributed by atoms with Crippen molar-refractivity contribution >= 4 is 19.7 Å². The van der Waals surface area contributed by atoms with Crippen molar-refractivity contribution in [2.24, 2.45) is 0 Å². The first-order chi connectivity index (χ1) is 34.9. The molecule has 0 aliphatic rings. The number of nitrogens with one attached hydrogen (secondary N) is 1. The van der Waals surface area contributed by atoms with Crippen molar-refractivity contribution in [2.45, 2.75) is 258 Å². The molecule has 0 aromatic carbocycles. The molecule has 9 nitrogen and oxygen atoms in total. The van der Waals surface area contributed by atoms with Crippen molar-refractivity contribution in [1.82, 2.24) is 5.32 Å². The Morgan fingerprint density at radius 3 is 1.33 bits per heavy atom. The molecule has 2 N–H and O–H groups in total. The lowest BCUT2D eigenvalue weighted by molar-refractivity contribution is -0.870. The van der Waals surface area contributed by atoms with Crippen LogP contribution in [0.5, 0.6) is 0 Å². The number of phosphoric acid groups is 1. The number of phosphoric ester groups is 1. The zero-order chi connectivity index (χ0) is 52.9. The van der Waals surface area contributed by atoms with Gasteiger partial charge in [-0.2, -0.15) is 0 Å². The molecule has 0 spiro atoms. The van der Waals surface area contributed by atoms with E-state index < -0.39 is 20.0 Å². The SMILES string of the molecule is CC/C=C\C/C=C\C/C=C\C/C=C\C/C=C\C/C=C\CCCCCCC(=O)OC(/C=C\CCCCCCCCCCCC)C(COP(=O)(O)OCC[N+](C)(C)C)NC(=O)CCCCCCCCCCCCC. The van der Waals surface area contributed by atoms with Gasteiger partial charge in [-0.05, 0) is 83.1 Å². The van der Waals surface area contributed by atoms with Crippen molar-refractivity contribution in [3.8, 4) is 0 Å². The Bertz CT molecular complexity index is 1510. The van der Waals surface area contributed by atoms with Gasteiger partial charge in [-0.3, -0.25) is 18.6 Å². The predicted molar refractivity (Wildman–Crippen MR) is 309 cm³/mol. The number of ether oxygens (including phenoxy) is 1. The Morgan fingerprint density at radius 2 is 0.889 bits per heavy atom. The number of carbonyl (C=O) groups is 2. The van der Waals surface area contributed by atoms with Gasteiger partial charge in [0.25, 0.3) is 0 Å². The second kappa shape index (κ2) is 51.7. The topological polar surface area (TPSA) is 111 Å². The lowest BCUT2D eigenvalue weighted by Crippen LogP contribution is -2.47. The number of likely N-dealkylation sites (N-methyl/N-ethyl adjacent to an activating group) is 1. The van der Waals surface area contributed by atoms with Crippen LogP contribution in [0.25, 0.3) is 0 Å². The summed E-state index contributed by atoms with van der Waals surface area (Å²) in [6.45, 7) is 6.86. The summed E-state index contributed by atoms with van der Waals surface area (Å²) in [6, 6.07) is -0.859. The summed E-state index contributed by atoms with van der Waals surface area (Å²) in [5.41, 5.74) is 0. The van der Waals surface area contributed by atoms with Gasteiger partial charge in [0.2, 0.25) is 5.91 Å². The fourth-order valence-electron chi connectivity index (χ4n) is 8.06. The summed E-state index contributed by atoms with van der Waals surface area (Å²) in [5.74, 6) is -0.536. The van der Waals surface area contributed by atoms with E-state index in [4.69, 9.17) is 13.8 Å². The van der Waals surface area contributed by atoms with Crippen molar-refractivity contribution in [3.63, 3.8) is 0 Å². The van der Waals surface area contributed by atoms with Crippen LogP contribution in [-0.2, 0) is 27.9 Å². The van der Waals surface area contributed by atoms with Gasteiger partial charge >= 0.3 is 13.8 Å². The van der Waals surface area contributed by atoms with Crippen LogP contribution in [0, 0.1) is 0 Å². The van der Waals surface area contributed by atoms with E-state index in [-0.39, 0.29) is 31.5 Å². The summed E-state index contributed by atoms with van der Waals surface area (Å²) in [4.78, 5) is 37.6. The molecule has 0 rings (SSSR count). The fourth-order valence-corrected chi connectivity index (χ4v) is 8.80. The third-order valence-electron chi connectivity index (χ3n) is 12.6. The molecule has 0 aromatic heterocycles. The zero-order valence-electron chi connectivity index (χ0n) is 47.4. The Morgan fingerprint density at radius 1 is 0.500 bits per heavy atom. The molecular formula is C62H112N2O7P+. The minimum Gasteiger partial charge on any atom is -0.456 e. The van der Waals surface area contributed by atoms with Crippen LogP contribution in [0.2, 0.25) is 0 Å². The maximum Gasteiger partial charge on any atom is 0.472 e. The number of carbonyl (C=O) groups excluding carboxylic acids is 2. The molecule has 10 heteroatoms. The largest absolute Gasteiger partial charge is 0.472 e. The van der Waals surface area contributed by atoms with E-state index in [2.05, 4.69) is 99.0 Å². The number of nitrogens with zero attached hydrogens (tertiary/aromatic N) is 1. The second-order valence-corrected chi connectivity index (χ2v) is 22.2. The molecule has 0 aliphatic heterocycles. The highest BCUT2D eigenvalue weighted by atomic mass is 31.2. The lowest BCUT2D eigenvalue weighted by Gasteiger charge is -2.27. The first kappa shape index (κ1) is 69.2. The summed E-state index contributed by atoms with van der Waals surface area (Å²) in [6.07, 6.45) is 67.2. The Labute approximate surface area is 444 Å². The van der Waals surface area contributed by atoms with E-state index in [1.807, 2.05) is 33.3 Å². The van der Waals surface area contributed by atoms with Crippen LogP contribution in [0.1, 0.15) is 245 Å². The second-order valence-electron chi connectivity index (χ2n) is 20.8. The third kappa shape index (κ3) is 52.1. The van der Waals surface area contributed by atoms with E-state index in [1.54, 1.807) is 0 Å². The molecule has 0 heterocycles. The monoisotopic (exact) mass is 1030 g/mol. The molecule has 0 bridgehead atoms. The van der Waals surface area contributed by atoms with Gasteiger partial charge in [0, 0.05) is 12.8 Å². The fraction of sp³-hybridized carbons (Fsp3) is 0.742. The summed E-state index contributed by atoms with van der Waals surface area (Å²) >= 11 is 0. The lowest BCUT2D eigenvalue weighted by atomic mass is 10.0. The van der Waals surface area contributed by atoms with E-state index in [0.717, 1.165) is 103 Å². The number of unbranched alkanes of at least 4 members (excludes halogenated alkanes) is 24. The van der Waals surface area contributed by atoms with Gasteiger partial charge in [-0.15, -0.1) is 0 Å². The molecule has 72 heavy (non-hydrogen) atoms. The zero-order valence-corrected chi connectivity index (χ0v) is 48.3. The van der Waals surface area contributed by atoms with Gasteiger partial charge in [0.15, 0.2) is 0 Å². The molecule has 416 valence electrons. The minimum absolute atomic E-state index is 0.0335. The molecule has 0 aromatic rings. The van der Waals surface area contributed by atoms with Crippen LogP contribution >= 0.6 is 7.82 Å². The van der Waals surface area contributed by atoms with Gasteiger partial charge in [-0.25, -0.2) is 4.57 Å². The number of allylic oxidation sites excluding steroid dienone is 13. The quantitative estimate of drug-likeness (QED) is 0.0205. The molecule has 3 unspecified atom stereocenters. The van der Waals surface area contributed by atoms with Crippen LogP contribution in [0.3, 0.4) is 0 Å². The summed E-state index contributed by atoms with van der Waals surface area (Å²) in [5, 5.41) is 3.04. The molecule has 0 saturated carbocycles. The normalized spacial score (nSPS) is 14.4. The minimum atomic E-state index is -4.45. The summed E-state index contributed by atoms with van der Waals surface area (Å²) < 4.78 is 30.6. The van der Waals surface area contributed by atoms with Crippen molar-refractivity contribution in [3.05, 3.63) is 85.1 Å². The Kier molecular flexibility index (Phi) is 49.6. The van der Waals surface area contributed by atoms with E-state index in [0.29, 0.717) is 23.9 Å². The van der Waals surface area contributed by atoms with Gasteiger partial charge in [0.05, 0.1) is 33.8 Å². The van der Waals surface area contributed by atoms with Crippen LogP contribution < -0.4 is 5.32 Å². The maximum atomic E-state index is 13.5. The first-order valence-electron chi connectivity index (χ1n) is 29.4.